The van der Waals surface area contributed by atoms with Crippen molar-refractivity contribution in [2.45, 2.75) is 102 Å². The Morgan fingerprint density at radius 2 is 1.57 bits per heavy atom. The molecule has 3 aromatic rings. The second kappa shape index (κ2) is 16.6. The second-order valence-corrected chi connectivity index (χ2v) is 10.7. The molecule has 0 saturated heterocycles. The number of halogens is 8. The van der Waals surface area contributed by atoms with Gasteiger partial charge < -0.3 is 10.6 Å². The van der Waals surface area contributed by atoms with Crippen LogP contribution in [0.2, 0.25) is 0 Å². The topological polar surface area (TPSA) is 115 Å². The van der Waals surface area contributed by atoms with Gasteiger partial charge in [0.15, 0.2) is 5.65 Å². The monoisotopic (exact) mass is 669 g/mol. The van der Waals surface area contributed by atoms with Crippen molar-refractivity contribution in [2.75, 3.05) is 6.61 Å². The Kier molecular flexibility index (Phi) is 13.3. The normalized spacial score (nSPS) is 15.7. The lowest BCUT2D eigenvalue weighted by atomic mass is 9.97. The Morgan fingerprint density at radius 1 is 0.891 bits per heavy atom. The van der Waals surface area contributed by atoms with E-state index in [9.17, 15) is 44.7 Å². The Labute approximate surface area is 258 Å². The van der Waals surface area contributed by atoms with E-state index in [0.29, 0.717) is 29.7 Å². The molecule has 3 heterocycles. The standard InChI is InChI=1S/C19H19F6N7O3.C6H10F2.C3H6/c20-18(21,22)2-1-16(33)26-6-12-5-15-30-14(11-32(15)29-7-12)9-27-17(34)13-8-28-31(10-13)3-4-35-19(23,24)25;7-6(8)4-2-1-3-5-6;1-2-3-1/h5,7-8,10-11H,1-4,6,9H2,(H,26,33)(H,27,34);1-5H2;1-3H2. The van der Waals surface area contributed by atoms with Crippen molar-refractivity contribution in [3.8, 4) is 0 Å². The van der Waals surface area contributed by atoms with Crippen molar-refractivity contribution in [3.05, 3.63) is 47.7 Å². The van der Waals surface area contributed by atoms with Gasteiger partial charge in [0.2, 0.25) is 11.8 Å². The van der Waals surface area contributed by atoms with Crippen LogP contribution in [-0.4, -0.2) is 61.3 Å². The molecule has 0 atom stereocenters. The maximum absolute atomic E-state index is 12.3. The van der Waals surface area contributed by atoms with Gasteiger partial charge >= 0.3 is 12.5 Å². The summed E-state index contributed by atoms with van der Waals surface area (Å²) in [5.41, 5.74) is 1.46. The van der Waals surface area contributed by atoms with E-state index in [0.717, 1.165) is 11.1 Å². The van der Waals surface area contributed by atoms with Crippen LogP contribution in [0.5, 0.6) is 0 Å². The summed E-state index contributed by atoms with van der Waals surface area (Å²) in [6.45, 7) is -0.874. The summed E-state index contributed by atoms with van der Waals surface area (Å²) < 4.78 is 103. The predicted molar refractivity (Wildman–Crippen MR) is 147 cm³/mol. The van der Waals surface area contributed by atoms with Crippen LogP contribution in [-0.2, 0) is 29.2 Å². The number of amides is 2. The van der Waals surface area contributed by atoms with E-state index in [1.807, 2.05) is 0 Å². The highest BCUT2D eigenvalue weighted by Crippen LogP contribution is 2.32. The van der Waals surface area contributed by atoms with Crippen LogP contribution in [0.1, 0.15) is 85.8 Å². The number of nitrogens with one attached hydrogen (secondary N) is 2. The molecular formula is C28H35F8N7O3. The smallest absolute Gasteiger partial charge is 0.352 e. The molecule has 0 spiro atoms. The maximum Gasteiger partial charge on any atom is 0.522 e. The van der Waals surface area contributed by atoms with Crippen LogP contribution >= 0.6 is 0 Å². The van der Waals surface area contributed by atoms with Crippen LogP contribution in [0.3, 0.4) is 0 Å². The number of hydrogen-bond acceptors (Lipinski definition) is 6. The van der Waals surface area contributed by atoms with Crippen LogP contribution in [0, 0.1) is 0 Å². The number of ether oxygens (including phenoxy) is 1. The first-order valence-electron chi connectivity index (χ1n) is 14.6. The molecule has 2 aliphatic rings. The number of nitrogens with zero attached hydrogens (tertiary/aromatic N) is 5. The van der Waals surface area contributed by atoms with Gasteiger partial charge in [-0.15, -0.1) is 13.2 Å². The lowest BCUT2D eigenvalue weighted by Gasteiger charge is -2.20. The van der Waals surface area contributed by atoms with Crippen LogP contribution < -0.4 is 10.6 Å². The highest BCUT2D eigenvalue weighted by molar-refractivity contribution is 5.93. The number of fused-ring (bicyclic) bond motifs is 1. The number of imidazole rings is 1. The molecule has 0 bridgehead atoms. The first-order valence-corrected chi connectivity index (χ1v) is 14.6. The molecule has 3 aromatic heterocycles. The third-order valence-corrected chi connectivity index (χ3v) is 6.40. The lowest BCUT2D eigenvalue weighted by Crippen LogP contribution is -2.24. The molecule has 256 valence electrons. The zero-order valence-electron chi connectivity index (χ0n) is 24.8. The van der Waals surface area contributed by atoms with Crippen molar-refractivity contribution in [1.82, 2.24) is 35.0 Å². The quantitative estimate of drug-likeness (QED) is 0.252. The van der Waals surface area contributed by atoms with E-state index in [1.54, 1.807) is 12.3 Å². The molecule has 2 amide bonds. The Bertz CT molecular complexity index is 1390. The Balaban J connectivity index is 0.000000437. The van der Waals surface area contributed by atoms with Gasteiger partial charge in [0, 0.05) is 32.0 Å². The van der Waals surface area contributed by atoms with Gasteiger partial charge in [0.1, 0.15) is 0 Å². The van der Waals surface area contributed by atoms with E-state index in [2.05, 4.69) is 30.6 Å². The highest BCUT2D eigenvalue weighted by Gasteiger charge is 2.30. The zero-order chi connectivity index (χ0) is 33.8. The summed E-state index contributed by atoms with van der Waals surface area (Å²) in [7, 11) is 0. The molecule has 10 nitrogen and oxygen atoms in total. The van der Waals surface area contributed by atoms with Gasteiger partial charge in [-0.05, 0) is 24.5 Å². The third kappa shape index (κ3) is 15.0. The Hall–Kier alpha value is -3.83. The van der Waals surface area contributed by atoms with Crippen LogP contribution in [0.25, 0.3) is 5.65 Å². The fraction of sp³-hybridized carbons (Fsp3) is 0.607. The van der Waals surface area contributed by atoms with E-state index in [1.165, 1.54) is 42.4 Å². The average molecular weight is 670 g/mol. The molecular weight excluding hydrogens is 634 g/mol. The first kappa shape index (κ1) is 36.6. The summed E-state index contributed by atoms with van der Waals surface area (Å²) in [4.78, 5) is 28.1. The molecule has 5 rings (SSSR count). The number of alkyl halides is 8. The molecule has 18 heteroatoms. The van der Waals surface area contributed by atoms with E-state index in [4.69, 9.17) is 0 Å². The fourth-order valence-electron chi connectivity index (χ4n) is 3.89. The van der Waals surface area contributed by atoms with Gasteiger partial charge in [0.25, 0.3) is 5.91 Å². The molecule has 0 aliphatic heterocycles. The molecule has 2 aliphatic carbocycles. The predicted octanol–water partition coefficient (Wildman–Crippen LogP) is 6.11. The number of hydrogen-bond donors (Lipinski definition) is 2. The van der Waals surface area contributed by atoms with Gasteiger partial charge in [-0.2, -0.15) is 23.4 Å². The zero-order valence-corrected chi connectivity index (χ0v) is 24.8. The van der Waals surface area contributed by atoms with Crippen LogP contribution in [0.4, 0.5) is 35.1 Å². The molecule has 46 heavy (non-hydrogen) atoms. The number of carbonyl (C=O) groups is 2. The first-order chi connectivity index (χ1) is 21.6. The minimum absolute atomic E-state index is 0.00801. The number of aromatic nitrogens is 5. The second-order valence-electron chi connectivity index (χ2n) is 10.7. The summed E-state index contributed by atoms with van der Waals surface area (Å²) in [6.07, 6.45) is 1.55. The molecule has 0 aromatic carbocycles. The van der Waals surface area contributed by atoms with E-state index < -0.39 is 49.7 Å². The minimum atomic E-state index is -4.75. The van der Waals surface area contributed by atoms with E-state index >= 15 is 0 Å². The van der Waals surface area contributed by atoms with Crippen molar-refractivity contribution in [2.24, 2.45) is 0 Å². The summed E-state index contributed by atoms with van der Waals surface area (Å²) in [6, 6.07) is 1.58. The van der Waals surface area contributed by atoms with Gasteiger partial charge in [0.05, 0.1) is 56.0 Å². The summed E-state index contributed by atoms with van der Waals surface area (Å²) in [5, 5.41) is 12.9. The largest absolute Gasteiger partial charge is 0.522 e. The highest BCUT2D eigenvalue weighted by atomic mass is 19.4. The fourth-order valence-corrected chi connectivity index (χ4v) is 3.89. The lowest BCUT2D eigenvalue weighted by molar-refractivity contribution is -0.325. The minimum Gasteiger partial charge on any atom is -0.352 e. The van der Waals surface area contributed by atoms with Gasteiger partial charge in [-0.1, -0.05) is 25.7 Å². The third-order valence-electron chi connectivity index (χ3n) is 6.40. The van der Waals surface area contributed by atoms with Crippen LogP contribution in [0.15, 0.2) is 30.9 Å². The number of rotatable bonds is 10. The average Bonchev–Trinajstić information content (AvgIpc) is 3.68. The molecule has 0 unspecified atom stereocenters. The molecule has 2 N–H and O–H groups in total. The van der Waals surface area contributed by atoms with Crippen molar-refractivity contribution in [1.29, 1.82) is 0 Å². The SMILES string of the molecule is C1CC1.FC1(F)CCCCC1.O=C(CCC(F)(F)F)NCc1cnn2cc(CNC(=O)c3cnn(CCOC(F)(F)F)c3)nc2c1. The van der Waals surface area contributed by atoms with Crippen molar-refractivity contribution < 1.29 is 49.4 Å². The van der Waals surface area contributed by atoms with Crippen molar-refractivity contribution in [3.63, 3.8) is 0 Å². The number of carbonyl (C=O) groups excluding carboxylic acids is 2. The Morgan fingerprint density at radius 3 is 2.15 bits per heavy atom. The molecule has 2 fully saturated rings. The molecule has 0 radical (unpaired) electrons. The maximum atomic E-state index is 12.3. The van der Waals surface area contributed by atoms with E-state index in [-0.39, 0.29) is 38.0 Å². The van der Waals surface area contributed by atoms with Gasteiger partial charge in [-0.25, -0.2) is 18.3 Å². The molecule has 2 saturated carbocycles. The van der Waals surface area contributed by atoms with Crippen molar-refractivity contribution >= 4 is 17.5 Å². The summed E-state index contributed by atoms with van der Waals surface area (Å²) >= 11 is 0. The van der Waals surface area contributed by atoms with Gasteiger partial charge in [-0.3, -0.25) is 19.0 Å². The summed E-state index contributed by atoms with van der Waals surface area (Å²) in [5.74, 6) is -3.59.